The first-order valence-corrected chi connectivity index (χ1v) is 8.17. The van der Waals surface area contributed by atoms with E-state index in [1.807, 2.05) is 31.2 Å². The lowest BCUT2D eigenvalue weighted by atomic mass is 9.81. The van der Waals surface area contributed by atoms with E-state index in [2.05, 4.69) is 11.7 Å². The van der Waals surface area contributed by atoms with E-state index in [0.29, 0.717) is 36.2 Å². The van der Waals surface area contributed by atoms with Gasteiger partial charge in [0.1, 0.15) is 12.4 Å². The Morgan fingerprint density at radius 3 is 2.71 bits per heavy atom. The van der Waals surface area contributed by atoms with Crippen LogP contribution in [-0.2, 0) is 9.63 Å². The van der Waals surface area contributed by atoms with Gasteiger partial charge >= 0.3 is 0 Å². The van der Waals surface area contributed by atoms with Crippen LogP contribution in [0.5, 0.6) is 0 Å². The molecular formula is C19H24N2O3. The molecule has 128 valence electrons. The maximum Gasteiger partial charge on any atom is 0.168 e. The Morgan fingerprint density at radius 2 is 2.12 bits per heavy atom. The van der Waals surface area contributed by atoms with Crippen LogP contribution < -0.4 is 5.73 Å². The molecule has 1 aromatic rings. The number of allylic oxidation sites excluding steroid dienone is 2. The molecule has 0 fully saturated rings. The number of carbonyl (C=O) groups excluding carboxylic acids is 1. The predicted octanol–water partition coefficient (Wildman–Crippen LogP) is 3.89. The lowest BCUT2D eigenvalue weighted by Gasteiger charge is -2.24. The largest absolute Gasteiger partial charge is 0.511 e. The summed E-state index contributed by atoms with van der Waals surface area (Å²) in [7, 11) is 0. The minimum absolute atomic E-state index is 0.0428. The van der Waals surface area contributed by atoms with Crippen molar-refractivity contribution in [2.45, 2.75) is 38.5 Å². The van der Waals surface area contributed by atoms with Crippen molar-refractivity contribution in [1.82, 2.24) is 0 Å². The van der Waals surface area contributed by atoms with Gasteiger partial charge in [-0.15, -0.1) is 0 Å². The summed E-state index contributed by atoms with van der Waals surface area (Å²) >= 11 is 0. The highest BCUT2D eigenvalue weighted by atomic mass is 16.6. The fraction of sp³-hybridized carbons (Fsp3) is 0.368. The molecule has 0 bridgehead atoms. The molecular weight excluding hydrogens is 304 g/mol. The molecule has 0 aliphatic heterocycles. The highest BCUT2D eigenvalue weighted by Gasteiger charge is 2.31. The topological polar surface area (TPSA) is 84.9 Å². The molecule has 1 aliphatic carbocycles. The minimum Gasteiger partial charge on any atom is -0.511 e. The number of carbonyl (C=O) groups is 1. The molecule has 0 spiro atoms. The van der Waals surface area contributed by atoms with Gasteiger partial charge in [0.2, 0.25) is 0 Å². The predicted molar refractivity (Wildman–Crippen MR) is 96.0 cm³/mol. The van der Waals surface area contributed by atoms with Gasteiger partial charge in [-0.2, -0.15) is 0 Å². The summed E-state index contributed by atoms with van der Waals surface area (Å²) in [6.07, 6.45) is 3.72. The number of nitrogen functional groups attached to an aromatic ring is 1. The first-order valence-electron chi connectivity index (χ1n) is 8.17. The second-order valence-electron chi connectivity index (χ2n) is 5.89. The molecule has 5 nitrogen and oxygen atoms in total. The first-order chi connectivity index (χ1) is 11.6. The Labute approximate surface area is 142 Å². The van der Waals surface area contributed by atoms with Crippen LogP contribution in [0.4, 0.5) is 5.69 Å². The third kappa shape index (κ3) is 4.25. The lowest BCUT2D eigenvalue weighted by Crippen LogP contribution is -2.24. The molecule has 0 radical (unpaired) electrons. The van der Waals surface area contributed by atoms with Gasteiger partial charge in [0, 0.05) is 18.5 Å². The smallest absolute Gasteiger partial charge is 0.168 e. The Kier molecular flexibility index (Phi) is 6.18. The molecule has 2 rings (SSSR count). The van der Waals surface area contributed by atoms with E-state index in [4.69, 9.17) is 10.6 Å². The first kappa shape index (κ1) is 17.8. The molecule has 1 unspecified atom stereocenters. The molecule has 24 heavy (non-hydrogen) atoms. The summed E-state index contributed by atoms with van der Waals surface area (Å²) in [4.78, 5) is 17.7. The van der Waals surface area contributed by atoms with Crippen LogP contribution in [0.15, 0.2) is 53.4 Å². The number of nitrogens with zero attached hydrogens (tertiary/aromatic N) is 1. The van der Waals surface area contributed by atoms with Crippen molar-refractivity contribution in [3.63, 3.8) is 0 Å². The molecule has 1 atom stereocenters. The van der Waals surface area contributed by atoms with Crippen LogP contribution in [0.2, 0.25) is 0 Å². The number of anilines is 1. The molecule has 0 saturated heterocycles. The van der Waals surface area contributed by atoms with Crippen molar-refractivity contribution in [2.75, 3.05) is 12.3 Å². The van der Waals surface area contributed by atoms with Crippen molar-refractivity contribution < 1.29 is 14.7 Å². The fourth-order valence-corrected chi connectivity index (χ4v) is 2.85. The molecule has 3 N–H and O–H groups in total. The number of nitrogens with two attached hydrogens (primary N) is 1. The third-order valence-electron chi connectivity index (χ3n) is 3.99. The van der Waals surface area contributed by atoms with Gasteiger partial charge in [-0.05, 0) is 30.0 Å². The average Bonchev–Trinajstić information content (AvgIpc) is 2.55. The van der Waals surface area contributed by atoms with E-state index in [1.54, 1.807) is 6.08 Å². The number of ketones is 1. The van der Waals surface area contributed by atoms with E-state index in [-0.39, 0.29) is 24.1 Å². The molecule has 0 amide bonds. The van der Waals surface area contributed by atoms with Crippen molar-refractivity contribution in [3.05, 3.63) is 53.8 Å². The number of hydrogen-bond acceptors (Lipinski definition) is 5. The second-order valence-corrected chi connectivity index (χ2v) is 5.89. The van der Waals surface area contributed by atoms with Crippen LogP contribution in [-0.4, -0.2) is 23.2 Å². The van der Waals surface area contributed by atoms with Crippen LogP contribution in [0.1, 0.15) is 44.1 Å². The van der Waals surface area contributed by atoms with Crippen LogP contribution >= 0.6 is 0 Å². The van der Waals surface area contributed by atoms with Gasteiger partial charge in [0.25, 0.3) is 0 Å². The summed E-state index contributed by atoms with van der Waals surface area (Å²) in [5, 5.41) is 14.5. The second kappa shape index (κ2) is 8.34. The Bertz CT molecular complexity index is 660. The number of Topliss-reactive ketones (excluding diaryl/α,β-unsaturated/α-hetero) is 1. The van der Waals surface area contributed by atoms with E-state index in [1.165, 1.54) is 0 Å². The minimum atomic E-state index is -0.102. The number of aliphatic hydroxyl groups excluding tert-OH is 1. The van der Waals surface area contributed by atoms with Crippen molar-refractivity contribution >= 4 is 17.2 Å². The zero-order valence-corrected chi connectivity index (χ0v) is 14.0. The Morgan fingerprint density at radius 1 is 1.42 bits per heavy atom. The standard InChI is InChI=1S/C19H24N2O3/c1-3-5-16(21-24-10-4-2)19-17(22)11-14(12-18(19)23)13-6-8-15(20)9-7-13/h4,6-9,14,22H,2-3,5,10-12,20H2,1H3. The molecule has 5 heteroatoms. The maximum absolute atomic E-state index is 12.6. The molecule has 0 heterocycles. The van der Waals surface area contributed by atoms with Gasteiger partial charge in [0.05, 0.1) is 11.3 Å². The highest BCUT2D eigenvalue weighted by molar-refractivity contribution is 6.23. The molecule has 1 aliphatic rings. The van der Waals surface area contributed by atoms with E-state index < -0.39 is 0 Å². The van der Waals surface area contributed by atoms with Crippen molar-refractivity contribution in [3.8, 4) is 0 Å². The number of rotatable bonds is 7. The molecule has 0 aromatic heterocycles. The number of hydrogen-bond donors (Lipinski definition) is 2. The van der Waals surface area contributed by atoms with Gasteiger partial charge in [-0.25, -0.2) is 0 Å². The zero-order chi connectivity index (χ0) is 17.5. The van der Waals surface area contributed by atoms with E-state index >= 15 is 0 Å². The summed E-state index contributed by atoms with van der Waals surface area (Å²) in [6.45, 7) is 5.82. The van der Waals surface area contributed by atoms with Crippen LogP contribution in [0.3, 0.4) is 0 Å². The maximum atomic E-state index is 12.6. The highest BCUT2D eigenvalue weighted by Crippen LogP contribution is 2.34. The number of oxime groups is 1. The fourth-order valence-electron chi connectivity index (χ4n) is 2.85. The van der Waals surface area contributed by atoms with E-state index in [0.717, 1.165) is 12.0 Å². The van der Waals surface area contributed by atoms with Gasteiger partial charge in [-0.3, -0.25) is 4.79 Å². The van der Waals surface area contributed by atoms with Crippen molar-refractivity contribution in [1.29, 1.82) is 0 Å². The van der Waals surface area contributed by atoms with Crippen molar-refractivity contribution in [2.24, 2.45) is 5.16 Å². The monoisotopic (exact) mass is 328 g/mol. The van der Waals surface area contributed by atoms with Gasteiger partial charge in [0.15, 0.2) is 5.78 Å². The number of benzene rings is 1. The quantitative estimate of drug-likeness (QED) is 0.261. The SMILES string of the molecule is C=CCON=C(CCC)C1=C(O)CC(c2ccc(N)cc2)CC1=O. The Hall–Kier alpha value is -2.56. The van der Waals surface area contributed by atoms with Gasteiger partial charge < -0.3 is 15.7 Å². The zero-order valence-electron chi connectivity index (χ0n) is 14.0. The van der Waals surface area contributed by atoms with E-state index in [9.17, 15) is 9.90 Å². The lowest BCUT2D eigenvalue weighted by molar-refractivity contribution is -0.116. The van der Waals surface area contributed by atoms with Gasteiger partial charge in [-0.1, -0.05) is 43.3 Å². The summed E-state index contributed by atoms with van der Waals surface area (Å²) < 4.78 is 0. The Balaban J connectivity index is 2.25. The normalized spacial score (nSPS) is 18.6. The summed E-state index contributed by atoms with van der Waals surface area (Å²) in [6, 6.07) is 7.42. The number of aliphatic hydroxyl groups is 1. The average molecular weight is 328 g/mol. The summed E-state index contributed by atoms with van der Waals surface area (Å²) in [5.74, 6) is -0.0590. The molecule has 0 saturated carbocycles. The van der Waals surface area contributed by atoms with Crippen LogP contribution in [0.25, 0.3) is 0 Å². The molecule has 1 aromatic carbocycles. The van der Waals surface area contributed by atoms with Crippen LogP contribution in [0, 0.1) is 0 Å². The third-order valence-corrected chi connectivity index (χ3v) is 3.99. The summed E-state index contributed by atoms with van der Waals surface area (Å²) in [5.41, 5.74) is 8.20.